The smallest absolute Gasteiger partial charge is 0.00234 e. The van der Waals surface area contributed by atoms with Crippen molar-refractivity contribution in [2.24, 2.45) is 5.92 Å². The molecule has 1 heterocycles. The van der Waals surface area contributed by atoms with Gasteiger partial charge in [0.15, 0.2) is 0 Å². The van der Waals surface area contributed by atoms with Crippen LogP contribution in [-0.4, -0.2) is 13.6 Å². The lowest BCUT2D eigenvalue weighted by atomic mass is 9.96. The average molecular weight is 211 g/mol. The number of hydrogen-bond donors (Lipinski definition) is 1. The first-order chi connectivity index (χ1) is 6.86. The number of hydrogen-bond acceptors (Lipinski definition) is 2. The molecule has 0 aliphatic rings. The van der Waals surface area contributed by atoms with Crippen molar-refractivity contribution in [3.63, 3.8) is 0 Å². The number of aryl methyl sites for hydroxylation is 1. The van der Waals surface area contributed by atoms with Gasteiger partial charge in [-0.05, 0) is 61.2 Å². The highest BCUT2D eigenvalue weighted by Crippen LogP contribution is 2.16. The van der Waals surface area contributed by atoms with Crippen LogP contribution in [0.1, 0.15) is 31.7 Å². The molecule has 1 aromatic heterocycles. The largest absolute Gasteiger partial charge is 0.319 e. The van der Waals surface area contributed by atoms with Gasteiger partial charge in [0.05, 0.1) is 0 Å². The second kappa shape index (κ2) is 7.02. The summed E-state index contributed by atoms with van der Waals surface area (Å²) >= 11 is 1.80. The van der Waals surface area contributed by atoms with Crippen LogP contribution >= 0.6 is 11.3 Å². The highest BCUT2D eigenvalue weighted by molar-refractivity contribution is 7.07. The second-order valence-corrected chi connectivity index (χ2v) is 4.66. The van der Waals surface area contributed by atoms with E-state index < -0.39 is 0 Å². The molecular weight excluding hydrogens is 190 g/mol. The molecule has 1 rings (SSSR count). The van der Waals surface area contributed by atoms with Crippen LogP contribution in [0.3, 0.4) is 0 Å². The highest BCUT2D eigenvalue weighted by atomic mass is 32.1. The molecule has 1 N–H and O–H groups in total. The van der Waals surface area contributed by atoms with Gasteiger partial charge in [0.2, 0.25) is 0 Å². The Kier molecular flexibility index (Phi) is 5.88. The van der Waals surface area contributed by atoms with Gasteiger partial charge in [0.1, 0.15) is 0 Å². The molecule has 1 atom stereocenters. The fourth-order valence-electron chi connectivity index (χ4n) is 1.85. The fraction of sp³-hybridized carbons (Fsp3) is 0.667. The Hall–Kier alpha value is -0.340. The molecule has 80 valence electrons. The first kappa shape index (κ1) is 11.7. The standard InChI is InChI=1S/C12H21NS/c1-3-4-11(9-13-2)5-6-12-7-8-14-10-12/h7-8,10-11,13H,3-6,9H2,1-2H3. The van der Waals surface area contributed by atoms with Crippen molar-refractivity contribution < 1.29 is 0 Å². The molecule has 0 saturated carbocycles. The van der Waals surface area contributed by atoms with Gasteiger partial charge in [-0.15, -0.1) is 0 Å². The van der Waals surface area contributed by atoms with E-state index in [1.165, 1.54) is 31.2 Å². The third-order valence-corrected chi connectivity index (χ3v) is 3.34. The number of thiophene rings is 1. The van der Waals surface area contributed by atoms with Crippen LogP contribution in [0.2, 0.25) is 0 Å². The summed E-state index contributed by atoms with van der Waals surface area (Å²) < 4.78 is 0. The maximum Gasteiger partial charge on any atom is -0.00234 e. The topological polar surface area (TPSA) is 12.0 Å². The molecule has 14 heavy (non-hydrogen) atoms. The Morgan fingerprint density at radius 1 is 1.43 bits per heavy atom. The van der Waals surface area contributed by atoms with Gasteiger partial charge in [-0.2, -0.15) is 11.3 Å². The van der Waals surface area contributed by atoms with E-state index in [0.29, 0.717) is 0 Å². The van der Waals surface area contributed by atoms with Crippen LogP contribution in [0.25, 0.3) is 0 Å². The first-order valence-electron chi connectivity index (χ1n) is 5.52. The molecule has 2 heteroatoms. The minimum Gasteiger partial charge on any atom is -0.319 e. The minimum atomic E-state index is 0.852. The molecule has 0 fully saturated rings. The van der Waals surface area contributed by atoms with E-state index in [1.807, 2.05) is 7.05 Å². The zero-order valence-corrected chi connectivity index (χ0v) is 10.1. The molecule has 1 unspecified atom stereocenters. The van der Waals surface area contributed by atoms with Crippen LogP contribution < -0.4 is 5.32 Å². The number of nitrogens with one attached hydrogen (secondary N) is 1. The SMILES string of the molecule is CCCC(CCc1ccsc1)CNC. The molecule has 1 aromatic rings. The van der Waals surface area contributed by atoms with Crippen LogP contribution in [0.4, 0.5) is 0 Å². The van der Waals surface area contributed by atoms with E-state index >= 15 is 0 Å². The lowest BCUT2D eigenvalue weighted by Gasteiger charge is -2.14. The van der Waals surface area contributed by atoms with E-state index in [4.69, 9.17) is 0 Å². The van der Waals surface area contributed by atoms with Gasteiger partial charge in [-0.25, -0.2) is 0 Å². The van der Waals surface area contributed by atoms with Crippen LogP contribution in [-0.2, 0) is 6.42 Å². The molecule has 0 bridgehead atoms. The van der Waals surface area contributed by atoms with Crippen molar-refractivity contribution in [3.05, 3.63) is 22.4 Å². The van der Waals surface area contributed by atoms with Gasteiger partial charge in [0, 0.05) is 0 Å². The summed E-state index contributed by atoms with van der Waals surface area (Å²) in [6.07, 6.45) is 5.22. The lowest BCUT2D eigenvalue weighted by Crippen LogP contribution is -2.19. The highest BCUT2D eigenvalue weighted by Gasteiger charge is 2.06. The van der Waals surface area contributed by atoms with Crippen LogP contribution in [0.5, 0.6) is 0 Å². The van der Waals surface area contributed by atoms with Gasteiger partial charge in [-0.3, -0.25) is 0 Å². The predicted octanol–water partition coefficient (Wildman–Crippen LogP) is 3.32. The van der Waals surface area contributed by atoms with Crippen molar-refractivity contribution in [1.29, 1.82) is 0 Å². The normalized spacial score (nSPS) is 13.0. The van der Waals surface area contributed by atoms with Crippen molar-refractivity contribution in [2.75, 3.05) is 13.6 Å². The molecule has 0 aliphatic carbocycles. The van der Waals surface area contributed by atoms with Gasteiger partial charge < -0.3 is 5.32 Å². The molecule has 0 aromatic carbocycles. The van der Waals surface area contributed by atoms with Crippen LogP contribution in [0.15, 0.2) is 16.8 Å². The summed E-state index contributed by atoms with van der Waals surface area (Å²) in [5, 5.41) is 7.72. The fourth-order valence-corrected chi connectivity index (χ4v) is 2.55. The van der Waals surface area contributed by atoms with E-state index in [1.54, 1.807) is 11.3 Å². The van der Waals surface area contributed by atoms with Crippen LogP contribution in [0, 0.1) is 5.92 Å². The quantitative estimate of drug-likeness (QED) is 0.729. The molecule has 1 nitrogen and oxygen atoms in total. The predicted molar refractivity (Wildman–Crippen MR) is 65.0 cm³/mol. The molecule has 0 radical (unpaired) electrons. The third kappa shape index (κ3) is 4.25. The maximum absolute atomic E-state index is 3.29. The summed E-state index contributed by atoms with van der Waals surface area (Å²) in [5.74, 6) is 0.852. The third-order valence-electron chi connectivity index (χ3n) is 2.61. The van der Waals surface area contributed by atoms with Crippen molar-refractivity contribution in [3.8, 4) is 0 Å². The Balaban J connectivity index is 2.25. The number of rotatable bonds is 7. The Morgan fingerprint density at radius 3 is 2.86 bits per heavy atom. The average Bonchev–Trinajstić information content (AvgIpc) is 2.67. The summed E-state index contributed by atoms with van der Waals surface area (Å²) in [7, 11) is 2.05. The van der Waals surface area contributed by atoms with Gasteiger partial charge >= 0.3 is 0 Å². The first-order valence-corrected chi connectivity index (χ1v) is 6.46. The molecule has 0 saturated heterocycles. The summed E-state index contributed by atoms with van der Waals surface area (Å²) in [6, 6.07) is 2.24. The van der Waals surface area contributed by atoms with Crippen molar-refractivity contribution >= 4 is 11.3 Å². The van der Waals surface area contributed by atoms with E-state index in [9.17, 15) is 0 Å². The zero-order valence-electron chi connectivity index (χ0n) is 9.25. The Labute approximate surface area is 91.5 Å². The molecule has 0 amide bonds. The monoisotopic (exact) mass is 211 g/mol. The van der Waals surface area contributed by atoms with Crippen molar-refractivity contribution in [2.45, 2.75) is 32.6 Å². The Morgan fingerprint density at radius 2 is 2.29 bits per heavy atom. The molecular formula is C12H21NS. The second-order valence-electron chi connectivity index (χ2n) is 3.88. The summed E-state index contributed by atoms with van der Waals surface area (Å²) in [5.41, 5.74) is 1.51. The van der Waals surface area contributed by atoms with Crippen molar-refractivity contribution in [1.82, 2.24) is 5.32 Å². The minimum absolute atomic E-state index is 0.852. The zero-order chi connectivity index (χ0) is 10.2. The lowest BCUT2D eigenvalue weighted by molar-refractivity contribution is 0.429. The van der Waals surface area contributed by atoms with Gasteiger partial charge in [-0.1, -0.05) is 13.3 Å². The Bertz CT molecular complexity index is 212. The summed E-state index contributed by atoms with van der Waals surface area (Å²) in [4.78, 5) is 0. The van der Waals surface area contributed by atoms with Gasteiger partial charge in [0.25, 0.3) is 0 Å². The maximum atomic E-state index is 3.29. The molecule has 0 aliphatic heterocycles. The van der Waals surface area contributed by atoms with E-state index in [-0.39, 0.29) is 0 Å². The van der Waals surface area contributed by atoms with E-state index in [2.05, 4.69) is 29.1 Å². The molecule has 0 spiro atoms. The summed E-state index contributed by atoms with van der Waals surface area (Å²) in [6.45, 7) is 3.44. The van der Waals surface area contributed by atoms with E-state index in [0.717, 1.165) is 12.5 Å².